The first-order valence-electron chi connectivity index (χ1n) is 10.5. The van der Waals surface area contributed by atoms with Crippen molar-refractivity contribution in [2.24, 2.45) is 0 Å². The zero-order valence-corrected chi connectivity index (χ0v) is 17.1. The number of amides is 1. The van der Waals surface area contributed by atoms with Crippen LogP contribution in [-0.2, 0) is 6.42 Å². The Kier molecular flexibility index (Phi) is 5.50. The second-order valence-electron chi connectivity index (χ2n) is 7.98. The van der Waals surface area contributed by atoms with Gasteiger partial charge in [0.1, 0.15) is 11.6 Å². The molecule has 2 aromatic rings. The summed E-state index contributed by atoms with van der Waals surface area (Å²) in [6.07, 6.45) is -0.867. The number of hydrogen-bond donors (Lipinski definition) is 1. The van der Waals surface area contributed by atoms with Crippen molar-refractivity contribution in [3.05, 3.63) is 29.3 Å². The average molecular weight is 425 g/mol. The van der Waals surface area contributed by atoms with E-state index in [-0.39, 0.29) is 30.1 Å². The molecular weight excluding hydrogens is 399 g/mol. The molecule has 4 heterocycles. The molecule has 0 saturated carbocycles. The molecule has 0 aliphatic carbocycles. The molecule has 30 heavy (non-hydrogen) atoms. The minimum absolute atomic E-state index is 0.0554. The van der Waals surface area contributed by atoms with Gasteiger partial charge in [0.25, 0.3) is 5.91 Å². The number of nitrogens with one attached hydrogen (secondary N) is 1. The summed E-state index contributed by atoms with van der Waals surface area (Å²) in [6, 6.07) is 0.973. The second-order valence-corrected chi connectivity index (χ2v) is 7.98. The number of piperidine rings is 1. The van der Waals surface area contributed by atoms with E-state index in [9.17, 15) is 18.0 Å². The fourth-order valence-corrected chi connectivity index (χ4v) is 4.31. The zero-order valence-electron chi connectivity index (χ0n) is 17.1. The third kappa shape index (κ3) is 3.79. The lowest BCUT2D eigenvalue weighted by Crippen LogP contribution is -2.40. The Morgan fingerprint density at radius 3 is 2.77 bits per heavy atom. The minimum atomic E-state index is -4.38. The molecule has 1 saturated heterocycles. The van der Waals surface area contributed by atoms with Gasteiger partial charge in [-0.3, -0.25) is 4.79 Å². The fourth-order valence-electron chi connectivity index (χ4n) is 4.31. The molecule has 164 valence electrons. The number of nitrogens with zero attached hydrogens (tertiary/aromatic N) is 4. The summed E-state index contributed by atoms with van der Waals surface area (Å²) >= 11 is 0. The van der Waals surface area contributed by atoms with Crippen molar-refractivity contribution in [1.29, 1.82) is 0 Å². The molecule has 0 unspecified atom stereocenters. The Labute approximate surface area is 172 Å². The SMILES string of the molecule is CCc1cc(C(=O)N2CCCC[C@H]2c2cc3n(n2)[C@@H](C(F)(F)F)C[C@@H](CC)N3)no1. The van der Waals surface area contributed by atoms with Crippen LogP contribution in [0.15, 0.2) is 16.7 Å². The standard InChI is InChI=1S/C20H26F3N5O2/c1-3-12-9-17(20(21,22)23)28-18(24-12)11-14(25-28)16-7-5-6-8-27(16)19(29)15-10-13(4-2)30-26-15/h10-12,16-17,24H,3-9H2,1-2H3/t12-,16+,17-/m1/s1. The predicted octanol–water partition coefficient (Wildman–Crippen LogP) is 4.50. The van der Waals surface area contributed by atoms with E-state index in [1.54, 1.807) is 17.0 Å². The van der Waals surface area contributed by atoms with Gasteiger partial charge in [-0.05, 0) is 32.1 Å². The molecule has 2 aliphatic rings. The van der Waals surface area contributed by atoms with Gasteiger partial charge in [-0.1, -0.05) is 19.0 Å². The summed E-state index contributed by atoms with van der Waals surface area (Å²) in [5, 5.41) is 11.4. The van der Waals surface area contributed by atoms with Crippen LogP contribution in [0.5, 0.6) is 0 Å². The lowest BCUT2D eigenvalue weighted by molar-refractivity contribution is -0.173. The van der Waals surface area contributed by atoms with Crippen LogP contribution in [0.4, 0.5) is 19.0 Å². The lowest BCUT2D eigenvalue weighted by Gasteiger charge is -2.34. The summed E-state index contributed by atoms with van der Waals surface area (Å²) < 4.78 is 47.2. The van der Waals surface area contributed by atoms with Gasteiger partial charge < -0.3 is 14.7 Å². The number of halogens is 3. The molecule has 0 bridgehead atoms. The van der Waals surface area contributed by atoms with E-state index in [4.69, 9.17) is 4.52 Å². The first-order chi connectivity index (χ1) is 14.3. The van der Waals surface area contributed by atoms with E-state index in [2.05, 4.69) is 15.6 Å². The maximum absolute atomic E-state index is 13.7. The second kappa shape index (κ2) is 7.96. The molecule has 3 atom stereocenters. The quantitative estimate of drug-likeness (QED) is 0.781. The van der Waals surface area contributed by atoms with Gasteiger partial charge >= 0.3 is 6.18 Å². The molecule has 0 spiro atoms. The van der Waals surface area contributed by atoms with Gasteiger partial charge in [0.15, 0.2) is 11.7 Å². The van der Waals surface area contributed by atoms with E-state index in [1.807, 2.05) is 13.8 Å². The van der Waals surface area contributed by atoms with E-state index in [0.29, 0.717) is 43.1 Å². The molecule has 4 rings (SSSR count). The van der Waals surface area contributed by atoms with Gasteiger partial charge in [-0.15, -0.1) is 0 Å². The molecule has 0 aromatic carbocycles. The monoisotopic (exact) mass is 425 g/mol. The van der Waals surface area contributed by atoms with E-state index < -0.39 is 12.2 Å². The Hall–Kier alpha value is -2.52. The van der Waals surface area contributed by atoms with Crippen LogP contribution in [0.1, 0.15) is 80.0 Å². The maximum Gasteiger partial charge on any atom is 0.410 e. The molecule has 2 aliphatic heterocycles. The summed E-state index contributed by atoms with van der Waals surface area (Å²) in [5.41, 5.74) is 0.704. The minimum Gasteiger partial charge on any atom is -0.367 e. The van der Waals surface area contributed by atoms with Crippen molar-refractivity contribution in [1.82, 2.24) is 19.8 Å². The number of aromatic nitrogens is 3. The van der Waals surface area contributed by atoms with Crippen molar-refractivity contribution >= 4 is 11.7 Å². The molecule has 7 nitrogen and oxygen atoms in total. The fraction of sp³-hybridized carbons (Fsp3) is 0.650. The molecule has 2 aromatic heterocycles. The van der Waals surface area contributed by atoms with Gasteiger partial charge in [0, 0.05) is 31.1 Å². The Morgan fingerprint density at radius 1 is 1.30 bits per heavy atom. The number of aryl methyl sites for hydroxylation is 1. The van der Waals surface area contributed by atoms with Crippen molar-refractivity contribution in [2.45, 2.75) is 76.7 Å². The number of anilines is 1. The maximum atomic E-state index is 13.7. The summed E-state index contributed by atoms with van der Waals surface area (Å²) in [7, 11) is 0. The van der Waals surface area contributed by atoms with Crippen LogP contribution < -0.4 is 5.32 Å². The third-order valence-electron chi connectivity index (χ3n) is 6.01. The highest BCUT2D eigenvalue weighted by Gasteiger charge is 2.46. The van der Waals surface area contributed by atoms with Crippen molar-refractivity contribution in [2.75, 3.05) is 11.9 Å². The molecule has 1 fully saturated rings. The van der Waals surface area contributed by atoms with Crippen LogP contribution in [0, 0.1) is 0 Å². The van der Waals surface area contributed by atoms with E-state index >= 15 is 0 Å². The molecule has 10 heteroatoms. The van der Waals surface area contributed by atoms with Crippen LogP contribution in [0.25, 0.3) is 0 Å². The van der Waals surface area contributed by atoms with Gasteiger partial charge in [0.05, 0.1) is 11.7 Å². The van der Waals surface area contributed by atoms with Crippen LogP contribution in [0.3, 0.4) is 0 Å². The summed E-state index contributed by atoms with van der Waals surface area (Å²) in [6.45, 7) is 4.28. The Morgan fingerprint density at radius 2 is 2.10 bits per heavy atom. The van der Waals surface area contributed by atoms with Crippen LogP contribution in [-0.4, -0.2) is 44.5 Å². The third-order valence-corrected chi connectivity index (χ3v) is 6.01. The first-order valence-corrected chi connectivity index (χ1v) is 10.5. The Balaban J connectivity index is 1.65. The lowest BCUT2D eigenvalue weighted by atomic mass is 9.98. The average Bonchev–Trinajstić information content (AvgIpc) is 3.38. The molecule has 1 amide bonds. The first kappa shape index (κ1) is 20.7. The van der Waals surface area contributed by atoms with Crippen LogP contribution >= 0.6 is 0 Å². The topological polar surface area (TPSA) is 76.2 Å². The van der Waals surface area contributed by atoms with Gasteiger partial charge in [0.2, 0.25) is 0 Å². The number of hydrogen-bond acceptors (Lipinski definition) is 5. The number of carbonyl (C=O) groups excluding carboxylic acids is 1. The molecule has 0 radical (unpaired) electrons. The zero-order chi connectivity index (χ0) is 21.5. The highest BCUT2D eigenvalue weighted by atomic mass is 19.4. The smallest absolute Gasteiger partial charge is 0.367 e. The molecule has 1 N–H and O–H groups in total. The van der Waals surface area contributed by atoms with E-state index in [0.717, 1.165) is 17.5 Å². The van der Waals surface area contributed by atoms with Crippen molar-refractivity contribution < 1.29 is 22.5 Å². The van der Waals surface area contributed by atoms with Crippen molar-refractivity contribution in [3.63, 3.8) is 0 Å². The normalized spacial score (nSPS) is 24.4. The van der Waals surface area contributed by atoms with Gasteiger partial charge in [-0.2, -0.15) is 18.3 Å². The number of alkyl halides is 3. The summed E-state index contributed by atoms with van der Waals surface area (Å²) in [5.74, 6) is 0.700. The van der Waals surface area contributed by atoms with Crippen molar-refractivity contribution in [3.8, 4) is 0 Å². The van der Waals surface area contributed by atoms with Gasteiger partial charge in [-0.25, -0.2) is 4.68 Å². The summed E-state index contributed by atoms with van der Waals surface area (Å²) in [4.78, 5) is 14.7. The molecular formula is C20H26F3N5O2. The highest BCUT2D eigenvalue weighted by molar-refractivity contribution is 5.92. The number of fused-ring (bicyclic) bond motifs is 1. The largest absolute Gasteiger partial charge is 0.410 e. The highest BCUT2D eigenvalue weighted by Crippen LogP contribution is 2.42. The predicted molar refractivity (Wildman–Crippen MR) is 103 cm³/mol. The number of carbonyl (C=O) groups is 1. The van der Waals surface area contributed by atoms with E-state index in [1.165, 1.54) is 0 Å². The number of likely N-dealkylation sites (tertiary alicyclic amines) is 1. The number of rotatable bonds is 4. The Bertz CT molecular complexity index is 907. The van der Waals surface area contributed by atoms with Crippen LogP contribution in [0.2, 0.25) is 0 Å².